The molecule has 0 saturated heterocycles. The van der Waals surface area contributed by atoms with Crippen LogP contribution in [-0.2, 0) is 6.54 Å². The minimum atomic E-state index is 0.418. The highest BCUT2D eigenvalue weighted by Gasteiger charge is 2.02. The van der Waals surface area contributed by atoms with Crippen molar-refractivity contribution in [2.45, 2.75) is 26.4 Å². The Bertz CT molecular complexity index is 386. The molecule has 0 aliphatic rings. The molecular formula is C10H14N4. The molecule has 0 atom stereocenters. The summed E-state index contributed by atoms with van der Waals surface area (Å²) >= 11 is 0. The van der Waals surface area contributed by atoms with Crippen molar-refractivity contribution in [2.75, 3.05) is 0 Å². The summed E-state index contributed by atoms with van der Waals surface area (Å²) in [7, 11) is 0. The van der Waals surface area contributed by atoms with Gasteiger partial charge in [-0.2, -0.15) is 10.2 Å². The lowest BCUT2D eigenvalue weighted by atomic mass is 10.4. The van der Waals surface area contributed by atoms with Gasteiger partial charge in [0.05, 0.1) is 12.2 Å². The van der Waals surface area contributed by atoms with Crippen molar-refractivity contribution in [1.29, 1.82) is 0 Å². The van der Waals surface area contributed by atoms with Crippen molar-refractivity contribution >= 4 is 0 Å². The van der Waals surface area contributed by atoms with E-state index < -0.39 is 0 Å². The maximum absolute atomic E-state index is 4.44. The average molecular weight is 190 g/mol. The molecule has 2 aromatic rings. The fraction of sp³-hybridized carbons (Fsp3) is 0.400. The van der Waals surface area contributed by atoms with Crippen LogP contribution in [0.25, 0.3) is 0 Å². The topological polar surface area (TPSA) is 35.6 Å². The fourth-order valence-corrected chi connectivity index (χ4v) is 1.31. The van der Waals surface area contributed by atoms with E-state index >= 15 is 0 Å². The van der Waals surface area contributed by atoms with Crippen LogP contribution < -0.4 is 0 Å². The number of rotatable bonds is 3. The predicted octanol–water partition coefficient (Wildman–Crippen LogP) is 1.71. The SMILES string of the molecule is CC(C)n1ccc(Cn2cccn2)n1. The maximum atomic E-state index is 4.44. The van der Waals surface area contributed by atoms with E-state index in [1.54, 1.807) is 6.20 Å². The molecule has 2 rings (SSSR count). The molecule has 0 radical (unpaired) electrons. The zero-order valence-electron chi connectivity index (χ0n) is 8.46. The van der Waals surface area contributed by atoms with Gasteiger partial charge >= 0.3 is 0 Å². The lowest BCUT2D eigenvalue weighted by molar-refractivity contribution is 0.521. The van der Waals surface area contributed by atoms with Crippen molar-refractivity contribution in [3.8, 4) is 0 Å². The Morgan fingerprint density at radius 2 is 2.21 bits per heavy atom. The Labute approximate surface area is 83.2 Å². The third kappa shape index (κ3) is 1.84. The number of hydrogen-bond acceptors (Lipinski definition) is 2. The first-order valence-corrected chi connectivity index (χ1v) is 4.77. The summed E-state index contributed by atoms with van der Waals surface area (Å²) < 4.78 is 3.83. The molecule has 0 aromatic carbocycles. The largest absolute Gasteiger partial charge is 0.270 e. The molecule has 0 bridgehead atoms. The molecule has 74 valence electrons. The molecule has 14 heavy (non-hydrogen) atoms. The van der Waals surface area contributed by atoms with Gasteiger partial charge in [0.1, 0.15) is 0 Å². The molecule has 0 aliphatic carbocycles. The van der Waals surface area contributed by atoms with Gasteiger partial charge in [-0.15, -0.1) is 0 Å². The molecular weight excluding hydrogens is 176 g/mol. The maximum Gasteiger partial charge on any atom is 0.0849 e. The van der Waals surface area contributed by atoms with Crippen LogP contribution in [0.1, 0.15) is 25.6 Å². The summed E-state index contributed by atoms with van der Waals surface area (Å²) in [4.78, 5) is 0. The van der Waals surface area contributed by atoms with Crippen molar-refractivity contribution in [2.24, 2.45) is 0 Å². The third-order valence-corrected chi connectivity index (χ3v) is 2.08. The van der Waals surface area contributed by atoms with E-state index in [0.29, 0.717) is 6.04 Å². The lowest BCUT2D eigenvalue weighted by Gasteiger charge is -2.03. The Morgan fingerprint density at radius 1 is 1.36 bits per heavy atom. The van der Waals surface area contributed by atoms with E-state index in [1.807, 2.05) is 33.9 Å². The van der Waals surface area contributed by atoms with Crippen molar-refractivity contribution < 1.29 is 0 Å². The number of hydrogen-bond donors (Lipinski definition) is 0. The second-order valence-electron chi connectivity index (χ2n) is 3.58. The molecule has 0 saturated carbocycles. The Hall–Kier alpha value is -1.58. The summed E-state index contributed by atoms with van der Waals surface area (Å²) in [5.74, 6) is 0. The average Bonchev–Trinajstić information content (AvgIpc) is 2.75. The summed E-state index contributed by atoms with van der Waals surface area (Å²) in [5, 5.41) is 8.57. The van der Waals surface area contributed by atoms with Crippen LogP contribution in [0.15, 0.2) is 30.7 Å². The molecule has 2 aromatic heterocycles. The van der Waals surface area contributed by atoms with Gasteiger partial charge < -0.3 is 0 Å². The van der Waals surface area contributed by atoms with Crippen LogP contribution in [0.5, 0.6) is 0 Å². The van der Waals surface area contributed by atoms with E-state index in [0.717, 1.165) is 12.2 Å². The zero-order chi connectivity index (χ0) is 9.97. The van der Waals surface area contributed by atoms with Gasteiger partial charge in [0.25, 0.3) is 0 Å². The van der Waals surface area contributed by atoms with Gasteiger partial charge in [-0.05, 0) is 26.0 Å². The molecule has 0 aliphatic heterocycles. The van der Waals surface area contributed by atoms with Crippen molar-refractivity contribution in [3.05, 3.63) is 36.4 Å². The van der Waals surface area contributed by atoms with Gasteiger partial charge in [-0.25, -0.2) is 0 Å². The van der Waals surface area contributed by atoms with Gasteiger partial charge in [-0.1, -0.05) is 0 Å². The molecule has 0 fully saturated rings. The second-order valence-corrected chi connectivity index (χ2v) is 3.58. The molecule has 0 N–H and O–H groups in total. The van der Waals surface area contributed by atoms with E-state index in [4.69, 9.17) is 0 Å². The van der Waals surface area contributed by atoms with E-state index in [2.05, 4.69) is 24.0 Å². The first-order valence-electron chi connectivity index (χ1n) is 4.77. The van der Waals surface area contributed by atoms with E-state index in [-0.39, 0.29) is 0 Å². The third-order valence-electron chi connectivity index (χ3n) is 2.08. The second kappa shape index (κ2) is 3.65. The highest BCUT2D eigenvalue weighted by Crippen LogP contribution is 2.05. The number of nitrogens with zero attached hydrogens (tertiary/aromatic N) is 4. The Kier molecular flexibility index (Phi) is 2.35. The lowest BCUT2D eigenvalue weighted by Crippen LogP contribution is -2.04. The summed E-state index contributed by atoms with van der Waals surface area (Å²) in [6, 6.07) is 4.36. The van der Waals surface area contributed by atoms with E-state index in [1.165, 1.54) is 0 Å². The Morgan fingerprint density at radius 3 is 2.79 bits per heavy atom. The van der Waals surface area contributed by atoms with Gasteiger partial charge in [-0.3, -0.25) is 9.36 Å². The first-order chi connectivity index (χ1) is 6.75. The highest BCUT2D eigenvalue weighted by molar-refractivity contribution is 5.00. The quantitative estimate of drug-likeness (QED) is 0.738. The molecule has 0 unspecified atom stereocenters. The normalized spacial score (nSPS) is 11.1. The molecule has 2 heterocycles. The summed E-state index contributed by atoms with van der Waals surface area (Å²) in [6.45, 7) is 4.97. The monoisotopic (exact) mass is 190 g/mol. The minimum absolute atomic E-state index is 0.418. The molecule has 4 nitrogen and oxygen atoms in total. The van der Waals surface area contributed by atoms with Gasteiger partial charge in [0, 0.05) is 24.6 Å². The summed E-state index contributed by atoms with van der Waals surface area (Å²) in [5.41, 5.74) is 1.04. The van der Waals surface area contributed by atoms with Crippen LogP contribution in [0.4, 0.5) is 0 Å². The minimum Gasteiger partial charge on any atom is -0.270 e. The standard InChI is InChI=1S/C10H14N4/c1-9(2)14-7-4-10(12-14)8-13-6-3-5-11-13/h3-7,9H,8H2,1-2H3. The Balaban J connectivity index is 2.11. The molecule has 0 amide bonds. The van der Waals surface area contributed by atoms with Crippen molar-refractivity contribution in [1.82, 2.24) is 19.6 Å². The van der Waals surface area contributed by atoms with Crippen LogP contribution in [0.2, 0.25) is 0 Å². The van der Waals surface area contributed by atoms with Gasteiger partial charge in [0.2, 0.25) is 0 Å². The van der Waals surface area contributed by atoms with E-state index in [9.17, 15) is 0 Å². The van der Waals surface area contributed by atoms with Crippen LogP contribution in [-0.4, -0.2) is 19.6 Å². The summed E-state index contributed by atoms with van der Waals surface area (Å²) in [6.07, 6.45) is 5.72. The molecule has 4 heteroatoms. The first kappa shape index (κ1) is 8.99. The van der Waals surface area contributed by atoms with Crippen LogP contribution in [0, 0.1) is 0 Å². The fourth-order valence-electron chi connectivity index (χ4n) is 1.31. The van der Waals surface area contributed by atoms with Crippen LogP contribution in [0.3, 0.4) is 0 Å². The van der Waals surface area contributed by atoms with Gasteiger partial charge in [0.15, 0.2) is 0 Å². The highest BCUT2D eigenvalue weighted by atomic mass is 15.3. The van der Waals surface area contributed by atoms with Crippen molar-refractivity contribution in [3.63, 3.8) is 0 Å². The number of aromatic nitrogens is 4. The smallest absolute Gasteiger partial charge is 0.0849 e. The van der Waals surface area contributed by atoms with Crippen LogP contribution >= 0.6 is 0 Å². The molecule has 0 spiro atoms. The zero-order valence-corrected chi connectivity index (χ0v) is 8.46. The predicted molar refractivity (Wildman–Crippen MR) is 53.9 cm³/mol.